The Kier molecular flexibility index (Phi) is 2.60. The second-order valence-electron chi connectivity index (χ2n) is 4.21. The minimum atomic E-state index is 0.685. The van der Waals surface area contributed by atoms with Crippen molar-refractivity contribution in [3.8, 4) is 11.1 Å². The highest BCUT2D eigenvalue weighted by atomic mass is 16.3. The van der Waals surface area contributed by atoms with Crippen molar-refractivity contribution < 1.29 is 4.42 Å². The summed E-state index contributed by atoms with van der Waals surface area (Å²) in [6, 6.07) is 6.00. The van der Waals surface area contributed by atoms with E-state index in [0.29, 0.717) is 5.89 Å². The number of hydrogen-bond donors (Lipinski definition) is 2. The molecule has 0 aliphatic rings. The fourth-order valence-electron chi connectivity index (χ4n) is 2.08. The molecule has 2 heterocycles. The van der Waals surface area contributed by atoms with Crippen molar-refractivity contribution in [2.75, 3.05) is 7.05 Å². The van der Waals surface area contributed by atoms with E-state index in [4.69, 9.17) is 4.42 Å². The van der Waals surface area contributed by atoms with Crippen LogP contribution in [0.25, 0.3) is 22.2 Å². The van der Waals surface area contributed by atoms with Crippen molar-refractivity contribution in [2.45, 2.75) is 13.5 Å². The third-order valence-electron chi connectivity index (χ3n) is 2.88. The second kappa shape index (κ2) is 4.27. The molecular weight excluding hydrogens is 228 g/mol. The number of H-pyrrole nitrogens is 1. The topological polar surface area (TPSA) is 66.7 Å². The maximum atomic E-state index is 5.55. The Morgan fingerprint density at radius 3 is 3.11 bits per heavy atom. The normalized spacial score (nSPS) is 11.2. The van der Waals surface area contributed by atoms with Crippen LogP contribution in [0.15, 0.2) is 28.8 Å². The summed E-state index contributed by atoms with van der Waals surface area (Å²) in [7, 11) is 1.91. The maximum absolute atomic E-state index is 5.55. The van der Waals surface area contributed by atoms with Crippen molar-refractivity contribution in [2.24, 2.45) is 0 Å². The van der Waals surface area contributed by atoms with Crippen LogP contribution in [0.5, 0.6) is 0 Å². The highest BCUT2D eigenvalue weighted by molar-refractivity contribution is 5.80. The van der Waals surface area contributed by atoms with Gasteiger partial charge in [0.25, 0.3) is 0 Å². The Bertz CT molecular complexity index is 683. The molecule has 0 saturated heterocycles. The lowest BCUT2D eigenvalue weighted by Crippen LogP contribution is -2.06. The minimum Gasteiger partial charge on any atom is -0.441 e. The van der Waals surface area contributed by atoms with Gasteiger partial charge in [0.15, 0.2) is 11.5 Å². The average Bonchev–Trinajstić information content (AvgIpc) is 2.93. The van der Waals surface area contributed by atoms with E-state index in [1.165, 1.54) is 0 Å². The molecular formula is C13H14N4O. The van der Waals surface area contributed by atoms with Crippen LogP contribution in [-0.2, 0) is 6.54 Å². The van der Waals surface area contributed by atoms with E-state index in [0.717, 1.165) is 34.5 Å². The molecule has 0 saturated carbocycles. The lowest BCUT2D eigenvalue weighted by atomic mass is 10.1. The molecule has 2 N–H and O–H groups in total. The predicted molar refractivity (Wildman–Crippen MR) is 69.1 cm³/mol. The number of oxazole rings is 1. The van der Waals surface area contributed by atoms with Crippen LogP contribution >= 0.6 is 0 Å². The van der Waals surface area contributed by atoms with Gasteiger partial charge < -0.3 is 9.73 Å². The van der Waals surface area contributed by atoms with Gasteiger partial charge in [-0.15, -0.1) is 0 Å². The molecule has 0 fully saturated rings. The van der Waals surface area contributed by atoms with E-state index in [1.54, 1.807) is 0 Å². The van der Waals surface area contributed by atoms with Crippen molar-refractivity contribution in [3.05, 3.63) is 36.0 Å². The van der Waals surface area contributed by atoms with Gasteiger partial charge in [-0.05, 0) is 24.7 Å². The van der Waals surface area contributed by atoms with E-state index in [-0.39, 0.29) is 0 Å². The number of aryl methyl sites for hydroxylation is 1. The first kappa shape index (κ1) is 11.0. The Hall–Kier alpha value is -2.14. The van der Waals surface area contributed by atoms with Crippen LogP contribution in [0, 0.1) is 6.92 Å². The third-order valence-corrected chi connectivity index (χ3v) is 2.88. The number of hydrogen-bond acceptors (Lipinski definition) is 4. The number of nitrogens with one attached hydrogen (secondary N) is 2. The SMILES string of the molecule is CNCc1[nH]ncc1-c1ccc2nc(C)oc2c1. The molecule has 3 aromatic rings. The first-order chi connectivity index (χ1) is 8.78. The smallest absolute Gasteiger partial charge is 0.192 e. The van der Waals surface area contributed by atoms with Gasteiger partial charge in [-0.25, -0.2) is 4.98 Å². The molecule has 3 rings (SSSR count). The molecule has 1 aromatic carbocycles. The Morgan fingerprint density at radius 1 is 1.39 bits per heavy atom. The number of rotatable bonds is 3. The molecule has 0 radical (unpaired) electrons. The van der Waals surface area contributed by atoms with E-state index in [1.807, 2.05) is 38.4 Å². The van der Waals surface area contributed by atoms with Crippen LogP contribution in [0.3, 0.4) is 0 Å². The number of nitrogens with zero attached hydrogens (tertiary/aromatic N) is 2. The van der Waals surface area contributed by atoms with Crippen molar-refractivity contribution in [1.29, 1.82) is 0 Å². The standard InChI is InChI=1S/C13H14N4O/c1-8-16-11-4-3-9(5-13(11)18-8)10-6-15-17-12(10)7-14-2/h3-6,14H,7H2,1-2H3,(H,15,17). The summed E-state index contributed by atoms with van der Waals surface area (Å²) in [5.41, 5.74) is 4.92. The van der Waals surface area contributed by atoms with Gasteiger partial charge >= 0.3 is 0 Å². The zero-order valence-corrected chi connectivity index (χ0v) is 10.3. The number of fused-ring (bicyclic) bond motifs is 1. The molecule has 0 bridgehead atoms. The summed E-state index contributed by atoms with van der Waals surface area (Å²) in [5, 5.41) is 10.2. The Balaban J connectivity index is 2.10. The van der Waals surface area contributed by atoms with Gasteiger partial charge in [-0.2, -0.15) is 5.10 Å². The van der Waals surface area contributed by atoms with Gasteiger partial charge in [0, 0.05) is 19.0 Å². The summed E-state index contributed by atoms with van der Waals surface area (Å²) >= 11 is 0. The van der Waals surface area contributed by atoms with E-state index in [2.05, 4.69) is 20.5 Å². The fourth-order valence-corrected chi connectivity index (χ4v) is 2.08. The molecule has 0 aliphatic carbocycles. The zero-order valence-electron chi connectivity index (χ0n) is 10.3. The zero-order chi connectivity index (χ0) is 12.5. The predicted octanol–water partition coefficient (Wildman–Crippen LogP) is 2.25. The number of aromatic nitrogens is 3. The summed E-state index contributed by atoms with van der Waals surface area (Å²) in [5.74, 6) is 0.685. The summed E-state index contributed by atoms with van der Waals surface area (Å²) in [6.07, 6.45) is 1.83. The van der Waals surface area contributed by atoms with Crippen LogP contribution < -0.4 is 5.32 Å². The van der Waals surface area contributed by atoms with Crippen molar-refractivity contribution in [3.63, 3.8) is 0 Å². The first-order valence-corrected chi connectivity index (χ1v) is 5.82. The molecule has 0 atom stereocenters. The molecule has 0 spiro atoms. The molecule has 2 aromatic heterocycles. The van der Waals surface area contributed by atoms with Crippen molar-refractivity contribution >= 4 is 11.1 Å². The van der Waals surface area contributed by atoms with E-state index in [9.17, 15) is 0 Å². The van der Waals surface area contributed by atoms with E-state index >= 15 is 0 Å². The van der Waals surface area contributed by atoms with Gasteiger partial charge in [0.05, 0.1) is 11.9 Å². The monoisotopic (exact) mass is 242 g/mol. The minimum absolute atomic E-state index is 0.685. The first-order valence-electron chi connectivity index (χ1n) is 5.82. The highest BCUT2D eigenvalue weighted by Crippen LogP contribution is 2.26. The molecule has 0 aliphatic heterocycles. The highest BCUT2D eigenvalue weighted by Gasteiger charge is 2.09. The molecule has 18 heavy (non-hydrogen) atoms. The van der Waals surface area contributed by atoms with Gasteiger partial charge in [-0.1, -0.05) is 6.07 Å². The maximum Gasteiger partial charge on any atom is 0.192 e. The summed E-state index contributed by atoms with van der Waals surface area (Å²) < 4.78 is 5.55. The van der Waals surface area contributed by atoms with Crippen molar-refractivity contribution in [1.82, 2.24) is 20.5 Å². The Labute approximate surface area is 104 Å². The quantitative estimate of drug-likeness (QED) is 0.739. The molecule has 5 nitrogen and oxygen atoms in total. The number of aromatic amines is 1. The Morgan fingerprint density at radius 2 is 2.28 bits per heavy atom. The molecule has 0 unspecified atom stereocenters. The van der Waals surface area contributed by atoms with Gasteiger partial charge in [-0.3, -0.25) is 5.10 Å². The fraction of sp³-hybridized carbons (Fsp3) is 0.231. The largest absolute Gasteiger partial charge is 0.441 e. The third kappa shape index (κ3) is 1.78. The van der Waals surface area contributed by atoms with Gasteiger partial charge in [0.2, 0.25) is 0 Å². The average molecular weight is 242 g/mol. The van der Waals surface area contributed by atoms with Crippen LogP contribution in [0.4, 0.5) is 0 Å². The lowest BCUT2D eigenvalue weighted by Gasteiger charge is -2.02. The second-order valence-corrected chi connectivity index (χ2v) is 4.21. The number of benzene rings is 1. The van der Waals surface area contributed by atoms with Crippen LogP contribution in [0.2, 0.25) is 0 Å². The summed E-state index contributed by atoms with van der Waals surface area (Å²) in [4.78, 5) is 4.29. The van der Waals surface area contributed by atoms with Gasteiger partial charge in [0.1, 0.15) is 5.52 Å². The molecule has 92 valence electrons. The van der Waals surface area contributed by atoms with E-state index < -0.39 is 0 Å². The lowest BCUT2D eigenvalue weighted by molar-refractivity contribution is 0.561. The summed E-state index contributed by atoms with van der Waals surface area (Å²) in [6.45, 7) is 2.60. The molecule has 5 heteroatoms. The van der Waals surface area contributed by atoms with Crippen LogP contribution in [-0.4, -0.2) is 22.2 Å². The molecule has 0 amide bonds. The van der Waals surface area contributed by atoms with Crippen LogP contribution in [0.1, 0.15) is 11.6 Å².